The van der Waals surface area contributed by atoms with Crippen molar-refractivity contribution in [2.24, 2.45) is 0 Å². The number of aromatic nitrogens is 2. The van der Waals surface area contributed by atoms with Crippen LogP contribution in [0.5, 0.6) is 0 Å². The van der Waals surface area contributed by atoms with Crippen molar-refractivity contribution < 1.29 is 4.79 Å². The van der Waals surface area contributed by atoms with Gasteiger partial charge in [-0.05, 0) is 17.9 Å². The number of carbonyl (C=O) groups excluding carboxylic acids is 1. The van der Waals surface area contributed by atoms with Crippen molar-refractivity contribution >= 4 is 17.2 Å². The molecule has 6 heteroatoms. The maximum Gasteiger partial charge on any atom is 0.254 e. The molecule has 0 saturated carbocycles. The predicted octanol–water partition coefficient (Wildman–Crippen LogP) is 1.50. The highest BCUT2D eigenvalue weighted by molar-refractivity contribution is 7.13. The van der Waals surface area contributed by atoms with E-state index in [2.05, 4.69) is 10.3 Å². The molecule has 0 aromatic carbocycles. The van der Waals surface area contributed by atoms with Gasteiger partial charge >= 0.3 is 0 Å². The first kappa shape index (κ1) is 13.5. The molecular formula is C13H15N3O2S. The fourth-order valence-corrected chi connectivity index (χ4v) is 2.27. The Balaban J connectivity index is 2.12. The summed E-state index contributed by atoms with van der Waals surface area (Å²) in [6.45, 7) is 2.61. The van der Waals surface area contributed by atoms with E-state index in [9.17, 15) is 9.59 Å². The van der Waals surface area contributed by atoms with Gasteiger partial charge in [0, 0.05) is 12.6 Å². The molecule has 0 fully saturated rings. The van der Waals surface area contributed by atoms with Crippen LogP contribution in [0.4, 0.5) is 0 Å². The van der Waals surface area contributed by atoms with Crippen molar-refractivity contribution in [3.8, 4) is 10.6 Å². The molecule has 100 valence electrons. The summed E-state index contributed by atoms with van der Waals surface area (Å²) in [5.74, 6) is -0.172. The predicted molar refractivity (Wildman–Crippen MR) is 75.1 cm³/mol. The Bertz CT molecular complexity index is 605. The summed E-state index contributed by atoms with van der Waals surface area (Å²) >= 11 is 1.53. The summed E-state index contributed by atoms with van der Waals surface area (Å²) in [7, 11) is 0. The highest BCUT2D eigenvalue weighted by Crippen LogP contribution is 2.20. The molecule has 2 aromatic rings. The fourth-order valence-electron chi connectivity index (χ4n) is 1.58. The second kappa shape index (κ2) is 6.29. The monoisotopic (exact) mass is 277 g/mol. The van der Waals surface area contributed by atoms with E-state index >= 15 is 0 Å². The molecule has 2 heterocycles. The van der Waals surface area contributed by atoms with Crippen molar-refractivity contribution in [1.82, 2.24) is 14.9 Å². The summed E-state index contributed by atoms with van der Waals surface area (Å²) in [6.07, 6.45) is 2.29. The molecule has 0 aliphatic rings. The molecule has 0 bridgehead atoms. The van der Waals surface area contributed by atoms with Crippen molar-refractivity contribution in [2.45, 2.75) is 19.9 Å². The molecule has 0 aliphatic carbocycles. The SMILES string of the molecule is CCCNC(=O)Cn1cnc(-c2cccs2)cc1=O. The van der Waals surface area contributed by atoms with Crippen LogP contribution in [0.2, 0.25) is 0 Å². The van der Waals surface area contributed by atoms with E-state index in [4.69, 9.17) is 0 Å². The molecule has 1 N–H and O–H groups in total. The molecule has 0 spiro atoms. The van der Waals surface area contributed by atoms with Gasteiger partial charge in [-0.3, -0.25) is 14.2 Å². The van der Waals surface area contributed by atoms with Crippen molar-refractivity contribution in [3.05, 3.63) is 40.3 Å². The second-order valence-electron chi connectivity index (χ2n) is 4.07. The third-order valence-electron chi connectivity index (χ3n) is 2.54. The lowest BCUT2D eigenvalue weighted by Crippen LogP contribution is -2.32. The third kappa shape index (κ3) is 3.51. The number of carbonyl (C=O) groups is 1. The Morgan fingerprint density at radius 3 is 3.00 bits per heavy atom. The molecule has 2 aromatic heterocycles. The van der Waals surface area contributed by atoms with Gasteiger partial charge in [-0.2, -0.15) is 0 Å². The maximum absolute atomic E-state index is 11.9. The van der Waals surface area contributed by atoms with Crippen LogP contribution in [0.15, 0.2) is 34.7 Å². The summed E-state index contributed by atoms with van der Waals surface area (Å²) in [5, 5.41) is 4.66. The highest BCUT2D eigenvalue weighted by Gasteiger charge is 2.06. The van der Waals surface area contributed by atoms with Crippen LogP contribution < -0.4 is 10.9 Å². The van der Waals surface area contributed by atoms with Crippen molar-refractivity contribution in [3.63, 3.8) is 0 Å². The fraction of sp³-hybridized carbons (Fsp3) is 0.308. The summed E-state index contributed by atoms with van der Waals surface area (Å²) < 4.78 is 1.31. The zero-order valence-electron chi connectivity index (χ0n) is 10.6. The minimum atomic E-state index is -0.218. The first-order valence-corrected chi connectivity index (χ1v) is 6.95. The van der Waals surface area contributed by atoms with Crippen LogP contribution in [-0.4, -0.2) is 22.0 Å². The minimum absolute atomic E-state index is 0.0105. The Labute approximate surface area is 114 Å². The van der Waals surface area contributed by atoms with E-state index in [1.165, 1.54) is 28.3 Å². The summed E-state index contributed by atoms with van der Waals surface area (Å²) in [6, 6.07) is 5.27. The van der Waals surface area contributed by atoms with Gasteiger partial charge in [0.25, 0.3) is 5.56 Å². The van der Waals surface area contributed by atoms with Crippen LogP contribution in [0, 0.1) is 0 Å². The molecule has 1 amide bonds. The molecule has 0 unspecified atom stereocenters. The van der Waals surface area contributed by atoms with Gasteiger partial charge in [-0.15, -0.1) is 11.3 Å². The number of rotatable bonds is 5. The minimum Gasteiger partial charge on any atom is -0.355 e. The smallest absolute Gasteiger partial charge is 0.254 e. The first-order chi connectivity index (χ1) is 9.20. The van der Waals surface area contributed by atoms with Gasteiger partial charge in [0.2, 0.25) is 5.91 Å². The standard InChI is InChI=1S/C13H15N3O2S/c1-2-5-14-12(17)8-16-9-15-10(7-13(16)18)11-4-3-6-19-11/h3-4,6-7,9H,2,5,8H2,1H3,(H,14,17). The van der Waals surface area contributed by atoms with Gasteiger partial charge in [0.05, 0.1) is 16.9 Å². The molecule has 0 radical (unpaired) electrons. The molecule has 0 saturated heterocycles. The normalized spacial score (nSPS) is 10.4. The number of nitrogens with zero attached hydrogens (tertiary/aromatic N) is 2. The highest BCUT2D eigenvalue weighted by atomic mass is 32.1. The van der Waals surface area contributed by atoms with Gasteiger partial charge in [-0.1, -0.05) is 13.0 Å². The van der Waals surface area contributed by atoms with Gasteiger partial charge in [0.15, 0.2) is 0 Å². The molecule has 0 atom stereocenters. The Morgan fingerprint density at radius 2 is 2.37 bits per heavy atom. The van der Waals surface area contributed by atoms with Crippen molar-refractivity contribution in [1.29, 1.82) is 0 Å². The average molecular weight is 277 g/mol. The van der Waals surface area contributed by atoms with E-state index in [0.717, 1.165) is 11.3 Å². The van der Waals surface area contributed by atoms with Gasteiger partial charge in [0.1, 0.15) is 6.54 Å². The van der Waals surface area contributed by atoms with Crippen LogP contribution in [-0.2, 0) is 11.3 Å². The number of hydrogen-bond donors (Lipinski definition) is 1. The molecule has 2 rings (SSSR count). The quantitative estimate of drug-likeness (QED) is 0.900. The Morgan fingerprint density at radius 1 is 1.53 bits per heavy atom. The number of hydrogen-bond acceptors (Lipinski definition) is 4. The van der Waals surface area contributed by atoms with Crippen molar-refractivity contribution in [2.75, 3.05) is 6.54 Å². The number of amides is 1. The molecule has 5 nitrogen and oxygen atoms in total. The maximum atomic E-state index is 11.9. The topological polar surface area (TPSA) is 64.0 Å². The number of nitrogens with one attached hydrogen (secondary N) is 1. The van der Waals surface area contributed by atoms with E-state index < -0.39 is 0 Å². The molecular weight excluding hydrogens is 262 g/mol. The second-order valence-corrected chi connectivity index (χ2v) is 5.02. The van der Waals surface area contributed by atoms with Gasteiger partial charge < -0.3 is 5.32 Å². The van der Waals surface area contributed by atoms with Crippen LogP contribution in [0.1, 0.15) is 13.3 Å². The largest absolute Gasteiger partial charge is 0.355 e. The van der Waals surface area contributed by atoms with E-state index in [0.29, 0.717) is 12.2 Å². The lowest BCUT2D eigenvalue weighted by Gasteiger charge is -2.06. The lowest BCUT2D eigenvalue weighted by atomic mass is 10.3. The van der Waals surface area contributed by atoms with Gasteiger partial charge in [-0.25, -0.2) is 4.98 Å². The Hall–Kier alpha value is -1.95. The zero-order valence-corrected chi connectivity index (χ0v) is 11.4. The van der Waals surface area contributed by atoms with Crippen LogP contribution >= 0.6 is 11.3 Å². The molecule has 19 heavy (non-hydrogen) atoms. The van der Waals surface area contributed by atoms with Crippen LogP contribution in [0.25, 0.3) is 10.6 Å². The first-order valence-electron chi connectivity index (χ1n) is 6.07. The van der Waals surface area contributed by atoms with E-state index in [1.54, 1.807) is 0 Å². The Kier molecular flexibility index (Phi) is 4.46. The lowest BCUT2D eigenvalue weighted by molar-refractivity contribution is -0.121. The molecule has 0 aliphatic heterocycles. The van der Waals surface area contributed by atoms with Crippen LogP contribution in [0.3, 0.4) is 0 Å². The third-order valence-corrected chi connectivity index (χ3v) is 3.43. The number of thiophene rings is 1. The van der Waals surface area contributed by atoms with E-state index in [1.807, 2.05) is 24.4 Å². The van der Waals surface area contributed by atoms with E-state index in [-0.39, 0.29) is 18.0 Å². The summed E-state index contributed by atoms with van der Waals surface area (Å²) in [4.78, 5) is 28.6. The zero-order chi connectivity index (χ0) is 13.7. The average Bonchev–Trinajstić information content (AvgIpc) is 2.92. The summed E-state index contributed by atoms with van der Waals surface area (Å²) in [5.41, 5.74) is 0.426.